The molecule has 7 heteroatoms. The molecule has 0 unspecified atom stereocenters. The van der Waals surface area contributed by atoms with Crippen LogP contribution in [0.1, 0.15) is 18.5 Å². The summed E-state index contributed by atoms with van der Waals surface area (Å²) in [6.07, 6.45) is 1.74. The Morgan fingerprint density at radius 3 is 2.30 bits per heavy atom. The molecule has 3 saturated heterocycles. The predicted molar refractivity (Wildman–Crippen MR) is 85.9 cm³/mol. The lowest BCUT2D eigenvalue weighted by molar-refractivity contribution is -0.169. The number of piperidine rings is 1. The molecule has 0 bridgehead atoms. The fourth-order valence-electron chi connectivity index (χ4n) is 3.47. The SMILES string of the molecule is Cc1cc(N2CCOCC2)nc(N2CCC3(CC2)OCCO3)n1. The molecule has 1 aromatic heterocycles. The molecule has 4 rings (SSSR count). The summed E-state index contributed by atoms with van der Waals surface area (Å²) in [6.45, 7) is 8.49. The molecular weight excluding hydrogens is 296 g/mol. The zero-order valence-corrected chi connectivity index (χ0v) is 13.7. The zero-order valence-electron chi connectivity index (χ0n) is 13.7. The number of aromatic nitrogens is 2. The molecule has 0 aliphatic carbocycles. The Morgan fingerprint density at radius 1 is 0.913 bits per heavy atom. The van der Waals surface area contributed by atoms with Gasteiger partial charge in [-0.3, -0.25) is 0 Å². The molecule has 3 fully saturated rings. The maximum absolute atomic E-state index is 5.80. The van der Waals surface area contributed by atoms with Gasteiger partial charge in [0.15, 0.2) is 5.79 Å². The molecule has 0 saturated carbocycles. The second kappa shape index (κ2) is 6.22. The summed E-state index contributed by atoms with van der Waals surface area (Å²) < 4.78 is 17.0. The van der Waals surface area contributed by atoms with Crippen molar-refractivity contribution in [2.75, 3.05) is 62.4 Å². The fraction of sp³-hybridized carbons (Fsp3) is 0.750. The molecule has 4 heterocycles. The highest BCUT2D eigenvalue weighted by Crippen LogP contribution is 2.32. The Morgan fingerprint density at radius 2 is 1.61 bits per heavy atom. The van der Waals surface area contributed by atoms with Gasteiger partial charge in [-0.1, -0.05) is 0 Å². The third-order valence-electron chi connectivity index (χ3n) is 4.79. The number of hydrogen-bond donors (Lipinski definition) is 0. The molecule has 1 spiro atoms. The van der Waals surface area contributed by atoms with E-state index in [1.165, 1.54) is 0 Å². The van der Waals surface area contributed by atoms with Gasteiger partial charge < -0.3 is 24.0 Å². The summed E-state index contributed by atoms with van der Waals surface area (Å²) in [6, 6.07) is 2.06. The molecule has 0 radical (unpaired) electrons. The van der Waals surface area contributed by atoms with Crippen molar-refractivity contribution in [1.29, 1.82) is 0 Å². The van der Waals surface area contributed by atoms with Gasteiger partial charge in [0.05, 0.1) is 26.4 Å². The molecule has 0 atom stereocenters. The average molecular weight is 320 g/mol. The van der Waals surface area contributed by atoms with Crippen molar-refractivity contribution in [2.45, 2.75) is 25.6 Å². The zero-order chi connectivity index (χ0) is 15.7. The molecule has 23 heavy (non-hydrogen) atoms. The van der Waals surface area contributed by atoms with Gasteiger partial charge in [-0.2, -0.15) is 4.98 Å². The van der Waals surface area contributed by atoms with Gasteiger partial charge in [0, 0.05) is 50.8 Å². The normalized spacial score (nSPS) is 24.4. The number of ether oxygens (including phenoxy) is 3. The van der Waals surface area contributed by atoms with Crippen LogP contribution < -0.4 is 9.80 Å². The number of morpholine rings is 1. The van der Waals surface area contributed by atoms with Crippen LogP contribution in [-0.2, 0) is 14.2 Å². The van der Waals surface area contributed by atoms with Crippen LogP contribution in [0.3, 0.4) is 0 Å². The highest BCUT2D eigenvalue weighted by molar-refractivity contribution is 5.46. The Labute approximate surface area is 136 Å². The molecule has 0 amide bonds. The fourth-order valence-corrected chi connectivity index (χ4v) is 3.47. The number of hydrogen-bond acceptors (Lipinski definition) is 7. The Kier molecular flexibility index (Phi) is 4.09. The highest BCUT2D eigenvalue weighted by Gasteiger charge is 2.40. The largest absolute Gasteiger partial charge is 0.378 e. The van der Waals surface area contributed by atoms with Crippen LogP contribution in [0.15, 0.2) is 6.07 Å². The maximum Gasteiger partial charge on any atom is 0.227 e. The van der Waals surface area contributed by atoms with E-state index in [-0.39, 0.29) is 5.79 Å². The molecule has 1 aromatic rings. The van der Waals surface area contributed by atoms with Crippen LogP contribution in [0, 0.1) is 6.92 Å². The van der Waals surface area contributed by atoms with Crippen LogP contribution in [0.2, 0.25) is 0 Å². The third-order valence-corrected chi connectivity index (χ3v) is 4.79. The van der Waals surface area contributed by atoms with E-state index in [1.54, 1.807) is 0 Å². The van der Waals surface area contributed by atoms with Crippen molar-refractivity contribution in [3.63, 3.8) is 0 Å². The molecule has 0 N–H and O–H groups in total. The predicted octanol–water partition coefficient (Wildman–Crippen LogP) is 0.965. The number of rotatable bonds is 2. The van der Waals surface area contributed by atoms with Crippen molar-refractivity contribution in [1.82, 2.24) is 9.97 Å². The van der Waals surface area contributed by atoms with Crippen LogP contribution in [0.25, 0.3) is 0 Å². The highest BCUT2D eigenvalue weighted by atomic mass is 16.7. The number of anilines is 2. The summed E-state index contributed by atoms with van der Waals surface area (Å²) in [5, 5.41) is 0. The average Bonchev–Trinajstić information content (AvgIpc) is 3.04. The van der Waals surface area contributed by atoms with E-state index in [9.17, 15) is 0 Å². The first-order chi connectivity index (χ1) is 11.2. The monoisotopic (exact) mass is 320 g/mol. The van der Waals surface area contributed by atoms with Gasteiger partial charge in [-0.05, 0) is 6.92 Å². The van der Waals surface area contributed by atoms with Crippen LogP contribution in [0.5, 0.6) is 0 Å². The summed E-state index contributed by atoms with van der Waals surface area (Å²) >= 11 is 0. The van der Waals surface area contributed by atoms with Crippen molar-refractivity contribution >= 4 is 11.8 Å². The third kappa shape index (κ3) is 3.13. The molecule has 7 nitrogen and oxygen atoms in total. The van der Waals surface area contributed by atoms with Gasteiger partial charge in [-0.25, -0.2) is 4.98 Å². The van der Waals surface area contributed by atoms with Crippen molar-refractivity contribution in [3.8, 4) is 0 Å². The molecule has 3 aliphatic rings. The van der Waals surface area contributed by atoms with Crippen molar-refractivity contribution in [3.05, 3.63) is 11.8 Å². The summed E-state index contributed by atoms with van der Waals surface area (Å²) in [7, 11) is 0. The minimum atomic E-state index is -0.354. The Bertz CT molecular complexity index is 546. The Balaban J connectivity index is 1.49. The number of aryl methyl sites for hydroxylation is 1. The van der Waals surface area contributed by atoms with E-state index in [0.29, 0.717) is 13.2 Å². The number of nitrogens with zero attached hydrogens (tertiary/aromatic N) is 4. The van der Waals surface area contributed by atoms with Gasteiger partial charge in [0.2, 0.25) is 5.95 Å². The lowest BCUT2D eigenvalue weighted by Gasteiger charge is -2.38. The first kappa shape index (κ1) is 15.1. The second-order valence-electron chi connectivity index (χ2n) is 6.36. The molecule has 126 valence electrons. The van der Waals surface area contributed by atoms with Crippen molar-refractivity contribution < 1.29 is 14.2 Å². The minimum absolute atomic E-state index is 0.354. The van der Waals surface area contributed by atoms with Gasteiger partial charge in [-0.15, -0.1) is 0 Å². The molecular formula is C16H24N4O3. The molecule has 0 aromatic carbocycles. The second-order valence-corrected chi connectivity index (χ2v) is 6.36. The van der Waals surface area contributed by atoms with Gasteiger partial charge in [0.25, 0.3) is 0 Å². The van der Waals surface area contributed by atoms with Gasteiger partial charge >= 0.3 is 0 Å². The summed E-state index contributed by atoms with van der Waals surface area (Å²) in [5.74, 6) is 1.47. The van der Waals surface area contributed by atoms with Crippen LogP contribution in [0.4, 0.5) is 11.8 Å². The van der Waals surface area contributed by atoms with E-state index in [2.05, 4.69) is 20.9 Å². The van der Waals surface area contributed by atoms with Gasteiger partial charge in [0.1, 0.15) is 5.82 Å². The maximum atomic E-state index is 5.80. The summed E-state index contributed by atoms with van der Waals surface area (Å²) in [4.78, 5) is 14.0. The minimum Gasteiger partial charge on any atom is -0.378 e. The van der Waals surface area contributed by atoms with Crippen LogP contribution in [-0.4, -0.2) is 68.4 Å². The Hall–Kier alpha value is -1.44. The van der Waals surface area contributed by atoms with E-state index in [0.717, 1.165) is 69.7 Å². The first-order valence-corrected chi connectivity index (χ1v) is 8.45. The van der Waals surface area contributed by atoms with Crippen molar-refractivity contribution in [2.24, 2.45) is 0 Å². The van der Waals surface area contributed by atoms with E-state index in [1.807, 2.05) is 6.92 Å². The van der Waals surface area contributed by atoms with E-state index < -0.39 is 0 Å². The molecule has 3 aliphatic heterocycles. The lowest BCUT2D eigenvalue weighted by Crippen LogP contribution is -2.46. The van der Waals surface area contributed by atoms with E-state index >= 15 is 0 Å². The lowest BCUT2D eigenvalue weighted by atomic mass is 10.0. The first-order valence-electron chi connectivity index (χ1n) is 8.45. The summed E-state index contributed by atoms with van der Waals surface area (Å²) in [5.41, 5.74) is 1.00. The smallest absolute Gasteiger partial charge is 0.227 e. The standard InChI is InChI=1S/C16H24N4O3/c1-13-12-14(19-6-8-21-9-7-19)18-15(17-13)20-4-2-16(3-5-20)22-10-11-23-16/h12H,2-11H2,1H3. The van der Waals surface area contributed by atoms with Crippen LogP contribution >= 0.6 is 0 Å². The van der Waals surface area contributed by atoms with E-state index in [4.69, 9.17) is 19.2 Å². The topological polar surface area (TPSA) is 60.0 Å². The quantitative estimate of drug-likeness (QED) is 0.804.